The molecule has 3 N–H and O–H groups in total. The Morgan fingerprint density at radius 1 is 0.295 bits per heavy atom. The summed E-state index contributed by atoms with van der Waals surface area (Å²) in [5.74, 6) is -0.501. The van der Waals surface area contributed by atoms with E-state index >= 15 is 0 Å². The van der Waals surface area contributed by atoms with Gasteiger partial charge in [-0.05, 0) is 37.5 Å². The molecule has 0 bridgehead atoms. The molecule has 0 amide bonds. The molecule has 0 fully saturated rings. The van der Waals surface area contributed by atoms with E-state index in [1.165, 1.54) is 212 Å². The number of aliphatic hydroxyl groups excluding tert-OH is 1. The van der Waals surface area contributed by atoms with Crippen molar-refractivity contribution >= 4 is 39.5 Å². The maximum Gasteiger partial charge on any atom is 0.472 e. The molecular formula is C76H148O17P2. The van der Waals surface area contributed by atoms with Crippen LogP contribution in [0.4, 0.5) is 0 Å². The van der Waals surface area contributed by atoms with Gasteiger partial charge in [-0.3, -0.25) is 37.3 Å². The number of ether oxygens (including phenoxy) is 4. The van der Waals surface area contributed by atoms with E-state index in [0.29, 0.717) is 25.7 Å². The molecule has 0 radical (unpaired) electrons. The molecule has 0 aliphatic heterocycles. The predicted octanol–water partition coefficient (Wildman–Crippen LogP) is 22.3. The van der Waals surface area contributed by atoms with Crippen LogP contribution in [-0.2, 0) is 65.4 Å². The zero-order valence-corrected chi connectivity index (χ0v) is 63.8. The van der Waals surface area contributed by atoms with Crippen LogP contribution in [0.1, 0.15) is 395 Å². The third kappa shape index (κ3) is 67.6. The molecule has 0 saturated heterocycles. The van der Waals surface area contributed by atoms with Gasteiger partial charge in [-0.15, -0.1) is 0 Å². The monoisotopic (exact) mass is 1400 g/mol. The molecule has 19 heteroatoms. The van der Waals surface area contributed by atoms with Gasteiger partial charge in [-0.25, -0.2) is 9.13 Å². The van der Waals surface area contributed by atoms with Crippen LogP contribution >= 0.6 is 15.6 Å². The van der Waals surface area contributed by atoms with Crippen molar-refractivity contribution in [3.63, 3.8) is 0 Å². The Morgan fingerprint density at radius 3 is 0.747 bits per heavy atom. The lowest BCUT2D eigenvalue weighted by Gasteiger charge is -2.21. The van der Waals surface area contributed by atoms with Crippen LogP contribution in [0.5, 0.6) is 0 Å². The minimum Gasteiger partial charge on any atom is -0.462 e. The van der Waals surface area contributed by atoms with Crippen LogP contribution in [0, 0.1) is 11.8 Å². The van der Waals surface area contributed by atoms with Crippen molar-refractivity contribution in [1.29, 1.82) is 0 Å². The molecule has 564 valence electrons. The zero-order chi connectivity index (χ0) is 70.0. The van der Waals surface area contributed by atoms with Crippen molar-refractivity contribution < 1.29 is 80.2 Å². The smallest absolute Gasteiger partial charge is 0.462 e. The number of rotatable bonds is 75. The summed E-state index contributed by atoms with van der Waals surface area (Å²) in [5, 5.41) is 10.6. The van der Waals surface area contributed by atoms with Gasteiger partial charge in [0.2, 0.25) is 0 Å². The Bertz CT molecular complexity index is 1840. The molecule has 0 aliphatic rings. The molecule has 0 saturated carbocycles. The van der Waals surface area contributed by atoms with E-state index in [1.807, 2.05) is 0 Å². The zero-order valence-electron chi connectivity index (χ0n) is 62.0. The molecule has 0 spiro atoms. The normalized spacial score (nSPS) is 14.6. The van der Waals surface area contributed by atoms with Crippen LogP contribution in [0.25, 0.3) is 0 Å². The van der Waals surface area contributed by atoms with E-state index in [4.69, 9.17) is 37.0 Å². The highest BCUT2D eigenvalue weighted by Crippen LogP contribution is 2.45. The SMILES string of the molecule is CCCCCCCCCCCCCCCCCCC(=O)O[C@H](COC(=O)CCCCCCCCCCCCC(C)CC)COP(=O)(O)OC[C@@H](O)COP(=O)(O)OC[C@@H](COC(=O)CCCCCCCCCCCCC)OC(=O)CCCCCCCCCCCCC(C)CC. The van der Waals surface area contributed by atoms with Crippen molar-refractivity contribution in [3.8, 4) is 0 Å². The number of phosphoric acid groups is 2. The Balaban J connectivity index is 5.27. The second-order valence-corrected chi connectivity index (χ2v) is 30.8. The van der Waals surface area contributed by atoms with Gasteiger partial charge in [0.1, 0.15) is 19.3 Å². The molecule has 7 atom stereocenters. The molecule has 4 unspecified atom stereocenters. The van der Waals surface area contributed by atoms with Crippen molar-refractivity contribution in [2.75, 3.05) is 39.6 Å². The van der Waals surface area contributed by atoms with E-state index < -0.39 is 97.5 Å². The fraction of sp³-hybridized carbons (Fsp3) is 0.947. The second kappa shape index (κ2) is 67.9. The number of hydrogen-bond acceptors (Lipinski definition) is 15. The predicted molar refractivity (Wildman–Crippen MR) is 386 cm³/mol. The highest BCUT2D eigenvalue weighted by molar-refractivity contribution is 7.47. The van der Waals surface area contributed by atoms with Crippen molar-refractivity contribution in [2.24, 2.45) is 11.8 Å². The Labute approximate surface area is 581 Å². The summed E-state index contributed by atoms with van der Waals surface area (Å²) in [6, 6.07) is 0. The number of hydrogen-bond donors (Lipinski definition) is 3. The van der Waals surface area contributed by atoms with Gasteiger partial charge < -0.3 is 33.8 Å². The van der Waals surface area contributed by atoms with Crippen LogP contribution < -0.4 is 0 Å². The van der Waals surface area contributed by atoms with E-state index in [1.54, 1.807) is 0 Å². The number of esters is 4. The Kier molecular flexibility index (Phi) is 66.5. The van der Waals surface area contributed by atoms with Crippen LogP contribution in [-0.4, -0.2) is 96.7 Å². The Hall–Kier alpha value is -1.94. The fourth-order valence-corrected chi connectivity index (χ4v) is 13.2. The van der Waals surface area contributed by atoms with Crippen molar-refractivity contribution in [2.45, 2.75) is 413 Å². The molecule has 0 aromatic carbocycles. The summed E-state index contributed by atoms with van der Waals surface area (Å²) >= 11 is 0. The van der Waals surface area contributed by atoms with Gasteiger partial charge in [0, 0.05) is 25.7 Å². The lowest BCUT2D eigenvalue weighted by molar-refractivity contribution is -0.161. The second-order valence-electron chi connectivity index (χ2n) is 27.9. The van der Waals surface area contributed by atoms with Crippen LogP contribution in [0.15, 0.2) is 0 Å². The van der Waals surface area contributed by atoms with Gasteiger partial charge in [0.25, 0.3) is 0 Å². The fourth-order valence-electron chi connectivity index (χ4n) is 11.6. The van der Waals surface area contributed by atoms with Crippen molar-refractivity contribution in [3.05, 3.63) is 0 Å². The van der Waals surface area contributed by atoms with E-state index in [2.05, 4.69) is 41.5 Å². The summed E-state index contributed by atoms with van der Waals surface area (Å²) in [7, 11) is -9.91. The van der Waals surface area contributed by atoms with Gasteiger partial charge in [-0.2, -0.15) is 0 Å². The van der Waals surface area contributed by atoms with E-state index in [-0.39, 0.29) is 25.7 Å². The molecule has 95 heavy (non-hydrogen) atoms. The van der Waals surface area contributed by atoms with E-state index in [0.717, 1.165) is 102 Å². The average Bonchev–Trinajstić information content (AvgIpc) is 1.70. The third-order valence-corrected chi connectivity index (χ3v) is 20.3. The molecule has 0 aromatic heterocycles. The van der Waals surface area contributed by atoms with Crippen molar-refractivity contribution in [1.82, 2.24) is 0 Å². The quantitative estimate of drug-likeness (QED) is 0.0222. The first kappa shape index (κ1) is 93.1. The standard InChI is InChI=1S/C76H148O17P2/c1-7-11-13-15-17-19-21-22-23-24-25-27-36-42-48-54-60-75(80)92-71(65-87-74(79)59-53-47-41-35-30-28-32-38-44-50-56-68(5)9-3)66-90-94(82,83)88-62-70(77)63-89-95(84,85)91-67-72(64-86-73(78)58-52-46-40-34-26-20-18-16-14-12-8-2)93-76(81)61-55-49-43-37-31-29-33-39-45-51-57-69(6)10-4/h68-72,77H,7-67H2,1-6H3,(H,82,83)(H,84,85)/t68?,69?,70-,71-,72-/m1/s1. The number of carbonyl (C=O) groups is 4. The third-order valence-electron chi connectivity index (χ3n) is 18.4. The van der Waals surface area contributed by atoms with Gasteiger partial charge >= 0.3 is 39.5 Å². The largest absolute Gasteiger partial charge is 0.472 e. The molecule has 0 aliphatic carbocycles. The first-order valence-electron chi connectivity index (χ1n) is 39.6. The number of unbranched alkanes of at least 4 members (excludes halogenated alkanes) is 43. The topological polar surface area (TPSA) is 237 Å². The summed E-state index contributed by atoms with van der Waals surface area (Å²) < 4.78 is 68.6. The Morgan fingerprint density at radius 2 is 0.505 bits per heavy atom. The summed E-state index contributed by atoms with van der Waals surface area (Å²) in [6.07, 6.45) is 55.2. The molecule has 17 nitrogen and oxygen atoms in total. The minimum absolute atomic E-state index is 0.107. The van der Waals surface area contributed by atoms with Crippen LogP contribution in [0.2, 0.25) is 0 Å². The number of phosphoric ester groups is 2. The van der Waals surface area contributed by atoms with Gasteiger partial charge in [0.15, 0.2) is 12.2 Å². The summed E-state index contributed by atoms with van der Waals surface area (Å²) in [6.45, 7) is 9.65. The number of carbonyl (C=O) groups excluding carboxylic acids is 4. The highest BCUT2D eigenvalue weighted by Gasteiger charge is 2.30. The maximum atomic E-state index is 13.1. The molecule has 0 aromatic rings. The first-order chi connectivity index (χ1) is 45.9. The maximum absolute atomic E-state index is 13.1. The summed E-state index contributed by atoms with van der Waals surface area (Å²) in [4.78, 5) is 72.8. The van der Waals surface area contributed by atoms with E-state index in [9.17, 15) is 43.2 Å². The molecule has 0 rings (SSSR count). The van der Waals surface area contributed by atoms with Gasteiger partial charge in [-0.1, -0.05) is 343 Å². The van der Waals surface area contributed by atoms with Gasteiger partial charge in [0.05, 0.1) is 26.4 Å². The average molecular weight is 1400 g/mol. The highest BCUT2D eigenvalue weighted by atomic mass is 31.2. The first-order valence-corrected chi connectivity index (χ1v) is 42.6. The lowest BCUT2D eigenvalue weighted by atomic mass is 9.99. The minimum atomic E-state index is -4.96. The summed E-state index contributed by atoms with van der Waals surface area (Å²) in [5.41, 5.74) is 0. The molecule has 0 heterocycles. The number of aliphatic hydroxyl groups is 1. The lowest BCUT2D eigenvalue weighted by Crippen LogP contribution is -2.30. The van der Waals surface area contributed by atoms with Crippen LogP contribution in [0.3, 0.4) is 0 Å². The molecular weight excluding hydrogens is 1250 g/mol.